The third-order valence-corrected chi connectivity index (χ3v) is 6.04. The maximum Gasteiger partial charge on any atom is 0.0326 e. The van der Waals surface area contributed by atoms with E-state index in [4.69, 9.17) is 0 Å². The highest BCUT2D eigenvalue weighted by molar-refractivity contribution is 9.10. The Morgan fingerprint density at radius 1 is 1.26 bits per heavy atom. The van der Waals surface area contributed by atoms with Crippen molar-refractivity contribution in [1.82, 2.24) is 5.32 Å². The fourth-order valence-corrected chi connectivity index (χ4v) is 4.24. The quantitative estimate of drug-likeness (QED) is 0.728. The van der Waals surface area contributed by atoms with E-state index >= 15 is 0 Å². The first-order valence-electron chi connectivity index (χ1n) is 6.47. The lowest BCUT2D eigenvalue weighted by Gasteiger charge is -2.04. The van der Waals surface area contributed by atoms with Gasteiger partial charge in [-0.3, -0.25) is 0 Å². The van der Waals surface area contributed by atoms with Gasteiger partial charge in [0.1, 0.15) is 0 Å². The second-order valence-electron chi connectivity index (χ2n) is 4.82. The van der Waals surface area contributed by atoms with Crippen molar-refractivity contribution in [3.05, 3.63) is 50.6 Å². The Hall–Kier alpha value is -0.290. The molecule has 1 aromatic carbocycles. The molecule has 1 heterocycles. The van der Waals surface area contributed by atoms with Crippen molar-refractivity contribution in [2.75, 3.05) is 0 Å². The Kier molecular flexibility index (Phi) is 4.64. The normalized spacial score (nSPS) is 14.8. The third kappa shape index (κ3) is 4.35. The molecule has 0 saturated heterocycles. The highest BCUT2D eigenvalue weighted by Crippen LogP contribution is 2.28. The van der Waals surface area contributed by atoms with Crippen LogP contribution in [0.25, 0.3) is 0 Å². The lowest BCUT2D eigenvalue weighted by atomic mass is 10.2. The van der Waals surface area contributed by atoms with Gasteiger partial charge in [-0.25, -0.2) is 0 Å². The van der Waals surface area contributed by atoms with Crippen LogP contribution < -0.4 is 5.32 Å². The summed E-state index contributed by atoms with van der Waals surface area (Å²) < 4.78 is 1.19. The minimum absolute atomic E-state index is 0.784. The van der Waals surface area contributed by atoms with Crippen LogP contribution in [0.15, 0.2) is 45.1 Å². The van der Waals surface area contributed by atoms with Crippen molar-refractivity contribution in [1.29, 1.82) is 0 Å². The number of benzene rings is 1. The molecule has 1 fully saturated rings. The summed E-state index contributed by atoms with van der Waals surface area (Å²) in [7, 11) is 0. The highest BCUT2D eigenvalue weighted by atomic mass is 79.9. The van der Waals surface area contributed by atoms with Gasteiger partial charge in [-0.15, -0.1) is 23.1 Å². The van der Waals surface area contributed by atoms with Gasteiger partial charge < -0.3 is 5.32 Å². The molecule has 0 atom stereocenters. The first-order chi connectivity index (χ1) is 9.29. The van der Waals surface area contributed by atoms with Crippen LogP contribution in [-0.4, -0.2) is 6.04 Å². The fourth-order valence-electron chi connectivity index (χ4n) is 1.84. The average molecular weight is 354 g/mol. The number of halogens is 1. The second kappa shape index (κ2) is 6.44. The van der Waals surface area contributed by atoms with Crippen molar-refractivity contribution in [2.24, 2.45) is 0 Å². The predicted molar refractivity (Wildman–Crippen MR) is 87.9 cm³/mol. The minimum Gasteiger partial charge on any atom is -0.310 e. The number of thioether (sulfide) groups is 1. The molecule has 0 aliphatic heterocycles. The molecule has 1 aliphatic rings. The van der Waals surface area contributed by atoms with Gasteiger partial charge in [0, 0.05) is 38.0 Å². The number of thiophene rings is 1. The van der Waals surface area contributed by atoms with Crippen molar-refractivity contribution in [3.8, 4) is 0 Å². The van der Waals surface area contributed by atoms with Crippen LogP contribution in [0.5, 0.6) is 0 Å². The summed E-state index contributed by atoms with van der Waals surface area (Å²) in [5.74, 6) is 1.05. The van der Waals surface area contributed by atoms with Gasteiger partial charge in [0.05, 0.1) is 0 Å². The van der Waals surface area contributed by atoms with E-state index in [0.29, 0.717) is 0 Å². The summed E-state index contributed by atoms with van der Waals surface area (Å²) in [5.41, 5.74) is 1.38. The number of nitrogens with one attached hydrogen (secondary N) is 1. The van der Waals surface area contributed by atoms with Gasteiger partial charge >= 0.3 is 0 Å². The lowest BCUT2D eigenvalue weighted by molar-refractivity contribution is 0.687. The first-order valence-corrected chi connectivity index (χ1v) is 9.13. The molecule has 1 aliphatic carbocycles. The minimum atomic E-state index is 0.784. The zero-order valence-corrected chi connectivity index (χ0v) is 13.8. The second-order valence-corrected chi connectivity index (χ2v) is 7.78. The molecule has 0 radical (unpaired) electrons. The van der Waals surface area contributed by atoms with Gasteiger partial charge in [0.2, 0.25) is 0 Å². The van der Waals surface area contributed by atoms with E-state index in [1.54, 1.807) is 0 Å². The van der Waals surface area contributed by atoms with Crippen LogP contribution in [0.1, 0.15) is 23.3 Å². The molecule has 0 unspecified atom stereocenters. The smallest absolute Gasteiger partial charge is 0.0326 e. The van der Waals surface area contributed by atoms with Crippen LogP contribution in [0.2, 0.25) is 0 Å². The molecule has 1 nitrogen and oxygen atoms in total. The standard InChI is InChI=1S/C15H16BrNS2/c16-12-7-15(18-9-12)10-19-14-5-1-11(2-6-14)8-17-13-3-4-13/h1-2,5-7,9,13,17H,3-4,8,10H2. The van der Waals surface area contributed by atoms with Crippen LogP contribution in [0, 0.1) is 0 Å². The molecule has 4 heteroatoms. The molecule has 19 heavy (non-hydrogen) atoms. The fraction of sp³-hybridized carbons (Fsp3) is 0.333. The van der Waals surface area contributed by atoms with E-state index in [0.717, 1.165) is 18.3 Å². The van der Waals surface area contributed by atoms with Crippen LogP contribution in [-0.2, 0) is 12.3 Å². The first kappa shape index (κ1) is 13.7. The lowest BCUT2D eigenvalue weighted by Crippen LogP contribution is -2.14. The van der Waals surface area contributed by atoms with Gasteiger partial charge in [-0.1, -0.05) is 12.1 Å². The molecule has 100 valence electrons. The summed E-state index contributed by atoms with van der Waals surface area (Å²) in [5, 5.41) is 5.68. The molecule has 2 aromatic rings. The van der Waals surface area contributed by atoms with E-state index in [2.05, 4.69) is 57.0 Å². The molecule has 1 aromatic heterocycles. The Balaban J connectivity index is 1.50. The molecule has 1 saturated carbocycles. The summed E-state index contributed by atoms with van der Waals surface area (Å²) in [4.78, 5) is 2.76. The van der Waals surface area contributed by atoms with E-state index in [1.807, 2.05) is 23.1 Å². The van der Waals surface area contributed by atoms with E-state index in [9.17, 15) is 0 Å². The van der Waals surface area contributed by atoms with Gasteiger partial charge in [-0.2, -0.15) is 0 Å². The van der Waals surface area contributed by atoms with Crippen molar-refractivity contribution < 1.29 is 0 Å². The molecular weight excluding hydrogens is 338 g/mol. The van der Waals surface area contributed by atoms with Crippen molar-refractivity contribution >= 4 is 39.0 Å². The highest BCUT2D eigenvalue weighted by Gasteiger charge is 2.19. The predicted octanol–water partition coefficient (Wildman–Crippen LogP) is 5.05. The van der Waals surface area contributed by atoms with E-state index < -0.39 is 0 Å². The molecule has 3 rings (SSSR count). The SMILES string of the molecule is Brc1csc(CSc2ccc(CNC3CC3)cc2)c1. The molecule has 0 bridgehead atoms. The number of rotatable bonds is 6. The largest absolute Gasteiger partial charge is 0.310 e. The number of hydrogen-bond donors (Lipinski definition) is 1. The van der Waals surface area contributed by atoms with Gasteiger partial charge in [0.15, 0.2) is 0 Å². The van der Waals surface area contributed by atoms with Gasteiger partial charge in [0.25, 0.3) is 0 Å². The summed E-state index contributed by atoms with van der Waals surface area (Å²) in [6.45, 7) is 1.01. The topological polar surface area (TPSA) is 12.0 Å². The monoisotopic (exact) mass is 353 g/mol. The average Bonchev–Trinajstić information content (AvgIpc) is 3.17. The summed E-state index contributed by atoms with van der Waals surface area (Å²) >= 11 is 7.21. The Bertz CT molecular complexity index is 531. The zero-order valence-electron chi connectivity index (χ0n) is 10.6. The molecule has 0 amide bonds. The third-order valence-electron chi connectivity index (χ3n) is 3.10. The summed E-state index contributed by atoms with van der Waals surface area (Å²) in [6.07, 6.45) is 2.70. The van der Waals surface area contributed by atoms with Crippen LogP contribution >= 0.6 is 39.0 Å². The molecular formula is C15H16BrNS2. The van der Waals surface area contributed by atoms with Gasteiger partial charge in [-0.05, 0) is 52.5 Å². The maximum absolute atomic E-state index is 3.54. The molecule has 1 N–H and O–H groups in total. The molecule has 0 spiro atoms. The van der Waals surface area contributed by atoms with Crippen LogP contribution in [0.3, 0.4) is 0 Å². The van der Waals surface area contributed by atoms with Crippen molar-refractivity contribution in [2.45, 2.75) is 36.1 Å². The van der Waals surface area contributed by atoms with Crippen LogP contribution in [0.4, 0.5) is 0 Å². The Morgan fingerprint density at radius 2 is 2.05 bits per heavy atom. The Morgan fingerprint density at radius 3 is 2.68 bits per heavy atom. The van der Waals surface area contributed by atoms with E-state index in [-0.39, 0.29) is 0 Å². The summed E-state index contributed by atoms with van der Waals surface area (Å²) in [6, 6.07) is 11.9. The maximum atomic E-state index is 3.54. The van der Waals surface area contributed by atoms with E-state index in [1.165, 1.54) is 32.7 Å². The van der Waals surface area contributed by atoms with Crippen molar-refractivity contribution in [3.63, 3.8) is 0 Å². The Labute approximate surface area is 130 Å². The zero-order chi connectivity index (χ0) is 13.1. The number of hydrogen-bond acceptors (Lipinski definition) is 3.